The lowest BCUT2D eigenvalue weighted by Crippen LogP contribution is -2.22. The van der Waals surface area contributed by atoms with Crippen LogP contribution in [0, 0.1) is 19.7 Å². The van der Waals surface area contributed by atoms with E-state index >= 15 is 0 Å². The quantitative estimate of drug-likeness (QED) is 0.900. The van der Waals surface area contributed by atoms with Crippen LogP contribution >= 0.6 is 11.3 Å². The molecule has 1 unspecified atom stereocenters. The van der Waals surface area contributed by atoms with Gasteiger partial charge in [-0.3, -0.25) is 0 Å². The molecule has 0 bridgehead atoms. The summed E-state index contributed by atoms with van der Waals surface area (Å²) in [4.78, 5) is 5.77. The van der Waals surface area contributed by atoms with Gasteiger partial charge in [-0.05, 0) is 44.5 Å². The number of hydrogen-bond donors (Lipinski definition) is 1. The van der Waals surface area contributed by atoms with Crippen LogP contribution in [0.1, 0.15) is 34.1 Å². The summed E-state index contributed by atoms with van der Waals surface area (Å²) in [7, 11) is 0. The maximum atomic E-state index is 12.9. The molecule has 0 spiro atoms. The molecule has 2 aromatic rings. The number of halogens is 1. The molecular formula is C15H19FN2S. The van der Waals surface area contributed by atoms with Crippen molar-refractivity contribution >= 4 is 11.3 Å². The number of hydrogen-bond acceptors (Lipinski definition) is 3. The highest BCUT2D eigenvalue weighted by Gasteiger charge is 2.17. The minimum Gasteiger partial charge on any atom is -0.309 e. The van der Waals surface area contributed by atoms with Crippen molar-refractivity contribution in [2.75, 3.05) is 6.54 Å². The van der Waals surface area contributed by atoms with Gasteiger partial charge in [0.1, 0.15) is 5.82 Å². The molecule has 1 atom stereocenters. The fraction of sp³-hybridized carbons (Fsp3) is 0.400. The second kappa shape index (κ2) is 6.26. The molecule has 0 saturated carbocycles. The molecule has 1 aromatic carbocycles. The van der Waals surface area contributed by atoms with Crippen LogP contribution in [-0.2, 0) is 6.42 Å². The van der Waals surface area contributed by atoms with E-state index in [0.717, 1.165) is 29.2 Å². The first kappa shape index (κ1) is 14.2. The second-order valence-corrected chi connectivity index (χ2v) is 5.86. The standard InChI is InChI=1S/C15H19FN2S/c1-4-17-14(15-10(2)18-11(3)19-15)9-12-5-7-13(16)8-6-12/h5-8,14,17H,4,9H2,1-3H3. The third kappa shape index (κ3) is 3.61. The minimum atomic E-state index is -0.187. The van der Waals surface area contributed by atoms with Crippen LogP contribution in [0.4, 0.5) is 4.39 Å². The highest BCUT2D eigenvalue weighted by atomic mass is 32.1. The predicted octanol–water partition coefficient (Wildman–Crippen LogP) is 3.79. The van der Waals surface area contributed by atoms with E-state index in [4.69, 9.17) is 0 Å². The lowest BCUT2D eigenvalue weighted by atomic mass is 10.0. The van der Waals surface area contributed by atoms with Crippen molar-refractivity contribution < 1.29 is 4.39 Å². The maximum Gasteiger partial charge on any atom is 0.123 e. The Labute approximate surface area is 117 Å². The molecule has 0 aliphatic heterocycles. The van der Waals surface area contributed by atoms with E-state index in [-0.39, 0.29) is 11.9 Å². The molecular weight excluding hydrogens is 259 g/mol. The number of aromatic nitrogens is 1. The highest BCUT2D eigenvalue weighted by molar-refractivity contribution is 7.11. The Kier molecular flexibility index (Phi) is 4.66. The van der Waals surface area contributed by atoms with Gasteiger partial charge in [0.15, 0.2) is 0 Å². The fourth-order valence-corrected chi connectivity index (χ4v) is 3.23. The number of benzene rings is 1. The molecule has 102 valence electrons. The van der Waals surface area contributed by atoms with Crippen molar-refractivity contribution in [1.29, 1.82) is 0 Å². The summed E-state index contributed by atoms with van der Waals surface area (Å²) in [5.74, 6) is -0.187. The first-order chi connectivity index (χ1) is 9.10. The Bertz CT molecular complexity index is 534. The van der Waals surface area contributed by atoms with E-state index in [1.54, 1.807) is 11.3 Å². The summed E-state index contributed by atoms with van der Waals surface area (Å²) in [6, 6.07) is 6.99. The Morgan fingerprint density at radius 3 is 2.47 bits per heavy atom. The zero-order valence-corrected chi connectivity index (χ0v) is 12.4. The smallest absolute Gasteiger partial charge is 0.123 e. The molecule has 0 aliphatic carbocycles. The average molecular weight is 278 g/mol. The highest BCUT2D eigenvalue weighted by Crippen LogP contribution is 2.27. The zero-order chi connectivity index (χ0) is 13.8. The van der Waals surface area contributed by atoms with E-state index in [2.05, 4.69) is 17.2 Å². The molecule has 19 heavy (non-hydrogen) atoms. The van der Waals surface area contributed by atoms with Crippen molar-refractivity contribution in [3.8, 4) is 0 Å². The van der Waals surface area contributed by atoms with E-state index < -0.39 is 0 Å². The number of nitrogens with one attached hydrogen (secondary N) is 1. The summed E-state index contributed by atoms with van der Waals surface area (Å²) in [6.07, 6.45) is 0.858. The molecule has 0 saturated heterocycles. The first-order valence-corrected chi connectivity index (χ1v) is 7.33. The van der Waals surface area contributed by atoms with Gasteiger partial charge in [-0.15, -0.1) is 11.3 Å². The van der Waals surface area contributed by atoms with Gasteiger partial charge in [-0.1, -0.05) is 19.1 Å². The molecule has 0 fully saturated rings. The largest absolute Gasteiger partial charge is 0.309 e. The van der Waals surface area contributed by atoms with Crippen molar-refractivity contribution in [2.24, 2.45) is 0 Å². The first-order valence-electron chi connectivity index (χ1n) is 6.52. The van der Waals surface area contributed by atoms with Crippen molar-refractivity contribution in [2.45, 2.75) is 33.2 Å². The van der Waals surface area contributed by atoms with E-state index in [1.165, 1.54) is 17.0 Å². The molecule has 0 aliphatic rings. The van der Waals surface area contributed by atoms with Crippen LogP contribution < -0.4 is 5.32 Å². The lowest BCUT2D eigenvalue weighted by Gasteiger charge is -2.17. The van der Waals surface area contributed by atoms with Gasteiger partial charge in [-0.2, -0.15) is 0 Å². The Morgan fingerprint density at radius 1 is 1.26 bits per heavy atom. The van der Waals surface area contributed by atoms with Crippen LogP contribution in [0.15, 0.2) is 24.3 Å². The van der Waals surface area contributed by atoms with Gasteiger partial charge in [0.25, 0.3) is 0 Å². The van der Waals surface area contributed by atoms with Crippen LogP contribution in [0.3, 0.4) is 0 Å². The van der Waals surface area contributed by atoms with Gasteiger partial charge in [0, 0.05) is 10.9 Å². The van der Waals surface area contributed by atoms with Crippen LogP contribution in [0.5, 0.6) is 0 Å². The topological polar surface area (TPSA) is 24.9 Å². The zero-order valence-electron chi connectivity index (χ0n) is 11.5. The Balaban J connectivity index is 2.20. The number of rotatable bonds is 5. The molecule has 2 nitrogen and oxygen atoms in total. The maximum absolute atomic E-state index is 12.9. The molecule has 1 aromatic heterocycles. The van der Waals surface area contributed by atoms with Crippen molar-refractivity contribution in [1.82, 2.24) is 10.3 Å². The number of likely N-dealkylation sites (N-methyl/N-ethyl adjacent to an activating group) is 1. The van der Waals surface area contributed by atoms with E-state index in [9.17, 15) is 4.39 Å². The van der Waals surface area contributed by atoms with Crippen molar-refractivity contribution in [3.05, 3.63) is 51.2 Å². The summed E-state index contributed by atoms with van der Waals surface area (Å²) in [5, 5.41) is 4.58. The molecule has 0 amide bonds. The molecule has 1 heterocycles. The van der Waals surface area contributed by atoms with Crippen LogP contribution in [0.2, 0.25) is 0 Å². The number of aryl methyl sites for hydroxylation is 2. The lowest BCUT2D eigenvalue weighted by molar-refractivity contribution is 0.553. The monoisotopic (exact) mass is 278 g/mol. The summed E-state index contributed by atoms with van der Waals surface area (Å²) < 4.78 is 12.9. The van der Waals surface area contributed by atoms with Gasteiger partial charge in [0.05, 0.1) is 10.7 Å². The molecule has 0 radical (unpaired) electrons. The van der Waals surface area contributed by atoms with Gasteiger partial charge < -0.3 is 5.32 Å². The summed E-state index contributed by atoms with van der Waals surface area (Å²) in [6.45, 7) is 7.08. The minimum absolute atomic E-state index is 0.187. The predicted molar refractivity (Wildman–Crippen MR) is 78.1 cm³/mol. The van der Waals surface area contributed by atoms with Crippen molar-refractivity contribution in [3.63, 3.8) is 0 Å². The van der Waals surface area contributed by atoms with E-state index in [0.29, 0.717) is 0 Å². The third-order valence-corrected chi connectivity index (χ3v) is 4.25. The molecule has 4 heteroatoms. The average Bonchev–Trinajstić information content (AvgIpc) is 2.71. The second-order valence-electron chi connectivity index (χ2n) is 4.62. The normalized spacial score (nSPS) is 12.6. The number of thiazole rings is 1. The molecule has 1 N–H and O–H groups in total. The SMILES string of the molecule is CCNC(Cc1ccc(F)cc1)c1sc(C)nc1C. The van der Waals surface area contributed by atoms with E-state index in [1.807, 2.05) is 26.0 Å². The fourth-order valence-electron chi connectivity index (χ4n) is 2.23. The van der Waals surface area contributed by atoms with Gasteiger partial charge >= 0.3 is 0 Å². The van der Waals surface area contributed by atoms with Crippen LogP contribution in [-0.4, -0.2) is 11.5 Å². The summed E-state index contributed by atoms with van der Waals surface area (Å²) >= 11 is 1.74. The summed E-state index contributed by atoms with van der Waals surface area (Å²) in [5.41, 5.74) is 2.23. The Hall–Kier alpha value is -1.26. The van der Waals surface area contributed by atoms with Gasteiger partial charge in [-0.25, -0.2) is 9.37 Å². The Morgan fingerprint density at radius 2 is 1.95 bits per heavy atom. The number of nitrogens with zero attached hydrogens (tertiary/aromatic N) is 1. The third-order valence-electron chi connectivity index (χ3n) is 3.06. The van der Waals surface area contributed by atoms with Gasteiger partial charge in [0.2, 0.25) is 0 Å². The van der Waals surface area contributed by atoms with Crippen LogP contribution in [0.25, 0.3) is 0 Å². The molecule has 2 rings (SSSR count).